The highest BCUT2D eigenvalue weighted by Crippen LogP contribution is 2.31. The predicted molar refractivity (Wildman–Crippen MR) is 177 cm³/mol. The molecular weight excluding hydrogens is 602 g/mol. The molecule has 1 aliphatic heterocycles. The van der Waals surface area contributed by atoms with Gasteiger partial charge >= 0.3 is 5.97 Å². The second kappa shape index (κ2) is 13.8. The lowest BCUT2D eigenvalue weighted by Crippen LogP contribution is -2.35. The van der Waals surface area contributed by atoms with Gasteiger partial charge in [0.15, 0.2) is 0 Å². The molecule has 236 valence electrons. The Labute approximate surface area is 270 Å². The van der Waals surface area contributed by atoms with Gasteiger partial charge in [-0.05, 0) is 85.3 Å². The van der Waals surface area contributed by atoms with Gasteiger partial charge in [0.2, 0.25) is 4.96 Å². The number of fused-ring (bicyclic) bond motifs is 2. The van der Waals surface area contributed by atoms with Gasteiger partial charge in [-0.3, -0.25) is 0 Å². The van der Waals surface area contributed by atoms with Crippen LogP contribution in [0.25, 0.3) is 37.8 Å². The van der Waals surface area contributed by atoms with E-state index < -0.39 is 5.97 Å². The second-order valence-corrected chi connectivity index (χ2v) is 12.4. The zero-order chi connectivity index (χ0) is 31.3. The zero-order valence-electron chi connectivity index (χ0n) is 25.6. The lowest BCUT2D eigenvalue weighted by molar-refractivity contribution is 0.0409. The Balaban J connectivity index is 0.934. The van der Waals surface area contributed by atoms with Crippen LogP contribution in [0.15, 0.2) is 79.0 Å². The van der Waals surface area contributed by atoms with Crippen LogP contribution in [0.4, 0.5) is 5.69 Å². The number of aromatic nitrogens is 6. The summed E-state index contributed by atoms with van der Waals surface area (Å²) in [5.74, 6) is 0.111. The number of para-hydroxylation sites is 1. The fourth-order valence-corrected chi connectivity index (χ4v) is 6.54. The Morgan fingerprint density at radius 2 is 1.70 bits per heavy atom. The molecule has 0 radical (unpaired) electrons. The standard InChI is InChI=1S/C34H35N7O4S/c1-43-20-4-5-21-44-23-24-16-18-39(19-17-24)28-14-12-26(13-15-28)32-37-40-22-30(35-34(40)46-32)25-8-10-27(11-9-25)33(42)45-41-31-7-3-2-6-29(31)36-38-41/h2-3,6-15,22,24H,4-5,16-21,23H2,1H3. The van der Waals surface area contributed by atoms with Crippen molar-refractivity contribution in [3.8, 4) is 21.8 Å². The minimum atomic E-state index is -0.524. The lowest BCUT2D eigenvalue weighted by Gasteiger charge is -2.33. The van der Waals surface area contributed by atoms with Crippen LogP contribution in [0, 0.1) is 5.92 Å². The maximum absolute atomic E-state index is 12.7. The quantitative estimate of drug-likeness (QED) is 0.122. The van der Waals surface area contributed by atoms with Gasteiger partial charge in [0, 0.05) is 56.8 Å². The summed E-state index contributed by atoms with van der Waals surface area (Å²) >= 11 is 1.55. The zero-order valence-corrected chi connectivity index (χ0v) is 26.4. The third-order valence-electron chi connectivity index (χ3n) is 8.29. The van der Waals surface area contributed by atoms with E-state index in [0.717, 1.165) is 90.2 Å². The molecule has 12 heteroatoms. The molecule has 0 aliphatic carbocycles. The summed E-state index contributed by atoms with van der Waals surface area (Å²) in [6.45, 7) is 4.58. The maximum Gasteiger partial charge on any atom is 0.365 e. The number of imidazole rings is 1. The minimum Gasteiger partial charge on any atom is -0.385 e. The number of rotatable bonds is 12. The summed E-state index contributed by atoms with van der Waals surface area (Å²) in [5.41, 5.74) is 5.64. The Morgan fingerprint density at radius 3 is 2.48 bits per heavy atom. The van der Waals surface area contributed by atoms with Crippen LogP contribution in [0.5, 0.6) is 0 Å². The van der Waals surface area contributed by atoms with E-state index in [0.29, 0.717) is 22.5 Å². The van der Waals surface area contributed by atoms with Gasteiger partial charge < -0.3 is 19.2 Å². The first-order valence-corrected chi connectivity index (χ1v) is 16.4. The molecule has 0 N–H and O–H groups in total. The topological polar surface area (TPSA) is 109 Å². The van der Waals surface area contributed by atoms with Crippen LogP contribution in [-0.4, -0.2) is 75.7 Å². The molecule has 0 atom stereocenters. The van der Waals surface area contributed by atoms with Crippen LogP contribution in [0.1, 0.15) is 36.0 Å². The molecule has 1 aliphatic rings. The molecule has 11 nitrogen and oxygen atoms in total. The maximum atomic E-state index is 12.7. The van der Waals surface area contributed by atoms with E-state index in [-0.39, 0.29) is 0 Å². The Bertz CT molecular complexity index is 1880. The number of anilines is 1. The van der Waals surface area contributed by atoms with Crippen LogP contribution < -0.4 is 9.74 Å². The normalized spacial score (nSPS) is 14.0. The molecule has 0 bridgehead atoms. The molecule has 1 fully saturated rings. The third-order valence-corrected chi connectivity index (χ3v) is 9.26. The van der Waals surface area contributed by atoms with Gasteiger partial charge in [-0.2, -0.15) is 5.10 Å². The average Bonchev–Trinajstić information content (AvgIpc) is 3.81. The number of carbonyl (C=O) groups excluding carboxylic acids is 1. The molecule has 0 unspecified atom stereocenters. The van der Waals surface area contributed by atoms with E-state index in [2.05, 4.69) is 39.5 Å². The number of hydrogen-bond acceptors (Lipinski definition) is 10. The second-order valence-electron chi connectivity index (χ2n) is 11.4. The van der Waals surface area contributed by atoms with Crippen LogP contribution >= 0.6 is 11.3 Å². The van der Waals surface area contributed by atoms with Gasteiger partial charge in [0.1, 0.15) is 16.0 Å². The van der Waals surface area contributed by atoms with Crippen LogP contribution in [0.3, 0.4) is 0 Å². The Morgan fingerprint density at radius 1 is 0.935 bits per heavy atom. The van der Waals surface area contributed by atoms with Crippen molar-refractivity contribution in [2.75, 3.05) is 44.9 Å². The predicted octanol–water partition coefficient (Wildman–Crippen LogP) is 5.80. The summed E-state index contributed by atoms with van der Waals surface area (Å²) < 4.78 is 12.8. The van der Waals surface area contributed by atoms with Gasteiger partial charge in [-0.15, -0.1) is 5.10 Å². The third kappa shape index (κ3) is 6.64. The van der Waals surface area contributed by atoms with Gasteiger partial charge in [-0.25, -0.2) is 14.3 Å². The van der Waals surface area contributed by atoms with Gasteiger partial charge in [0.25, 0.3) is 0 Å². The molecule has 0 spiro atoms. The Kier molecular flexibility index (Phi) is 8.99. The van der Waals surface area contributed by atoms with Crippen molar-refractivity contribution in [2.24, 2.45) is 5.92 Å². The van der Waals surface area contributed by atoms with Crippen molar-refractivity contribution in [3.63, 3.8) is 0 Å². The summed E-state index contributed by atoms with van der Waals surface area (Å²) in [6, 6.07) is 23.1. The molecular formula is C34H35N7O4S. The highest BCUT2D eigenvalue weighted by Gasteiger charge is 2.20. The number of methoxy groups -OCH3 is 1. The van der Waals surface area contributed by atoms with Crippen molar-refractivity contribution in [1.82, 2.24) is 29.8 Å². The van der Waals surface area contributed by atoms with E-state index in [1.165, 1.54) is 5.69 Å². The molecule has 0 saturated carbocycles. The lowest BCUT2D eigenvalue weighted by atomic mass is 9.97. The first kappa shape index (κ1) is 30.0. The van der Waals surface area contributed by atoms with E-state index in [9.17, 15) is 4.79 Å². The molecule has 46 heavy (non-hydrogen) atoms. The highest BCUT2D eigenvalue weighted by atomic mass is 32.1. The molecule has 1 saturated heterocycles. The molecule has 4 heterocycles. The molecule has 3 aromatic heterocycles. The molecule has 7 rings (SSSR count). The minimum absolute atomic E-state index is 0.399. The van der Waals surface area contributed by atoms with E-state index in [1.54, 1.807) is 42.7 Å². The average molecular weight is 638 g/mol. The monoisotopic (exact) mass is 637 g/mol. The number of piperidine rings is 1. The fourth-order valence-electron chi connectivity index (χ4n) is 5.65. The van der Waals surface area contributed by atoms with E-state index in [1.807, 2.05) is 35.0 Å². The van der Waals surface area contributed by atoms with Crippen LogP contribution in [0.2, 0.25) is 0 Å². The highest BCUT2D eigenvalue weighted by molar-refractivity contribution is 7.19. The summed E-state index contributed by atoms with van der Waals surface area (Å²) in [6.07, 6.45) is 6.33. The number of ether oxygens (including phenoxy) is 2. The SMILES string of the molecule is COCCCCOCC1CCN(c2ccc(-c3nn4cc(-c5ccc(C(=O)On6nnc7ccccc76)cc5)nc4s3)cc2)CC1. The number of nitrogens with zero attached hydrogens (tertiary/aromatic N) is 7. The number of benzene rings is 3. The number of hydrogen-bond donors (Lipinski definition) is 0. The molecule has 0 amide bonds. The molecule has 3 aromatic carbocycles. The van der Waals surface area contributed by atoms with Crippen molar-refractivity contribution >= 4 is 39.0 Å². The largest absolute Gasteiger partial charge is 0.385 e. The number of unbranched alkanes of at least 4 members (excludes halogenated alkanes) is 1. The Hall–Kier alpha value is -4.65. The number of carbonyl (C=O) groups is 1. The van der Waals surface area contributed by atoms with Crippen molar-refractivity contribution < 1.29 is 19.1 Å². The summed E-state index contributed by atoms with van der Waals surface area (Å²) in [4.78, 5) is 27.3. The smallest absolute Gasteiger partial charge is 0.365 e. The summed E-state index contributed by atoms with van der Waals surface area (Å²) in [7, 11) is 1.74. The fraction of sp³-hybridized carbons (Fsp3) is 0.324. The van der Waals surface area contributed by atoms with Gasteiger partial charge in [-0.1, -0.05) is 40.4 Å². The van der Waals surface area contributed by atoms with Crippen LogP contribution in [-0.2, 0) is 9.47 Å². The first-order chi connectivity index (χ1) is 22.6. The first-order valence-electron chi connectivity index (χ1n) is 15.6. The summed E-state index contributed by atoms with van der Waals surface area (Å²) in [5, 5.41) is 13.6. The van der Waals surface area contributed by atoms with Crippen molar-refractivity contribution in [3.05, 3.63) is 84.6 Å². The molecule has 6 aromatic rings. The van der Waals surface area contributed by atoms with E-state index >= 15 is 0 Å². The van der Waals surface area contributed by atoms with Gasteiger partial charge in [0.05, 0.1) is 17.5 Å². The van der Waals surface area contributed by atoms with Crippen molar-refractivity contribution in [1.29, 1.82) is 0 Å². The van der Waals surface area contributed by atoms with Crippen molar-refractivity contribution in [2.45, 2.75) is 25.7 Å². The van der Waals surface area contributed by atoms with E-state index in [4.69, 9.17) is 24.4 Å².